The maximum Gasteiger partial charge on any atom is 0.261 e. The molecular formula is C20H26ClN3OS. The standard InChI is InChI=1S/C20H26ClN3OS/c1-16-5-4-6-17(15-16)24-13-11-23(12-14-24)10-3-2-9-22-20(25)18-7-8-19(21)26-18/h4-8,15H,2-3,9-14H2,1H3,(H,22,25). The van der Waals surface area contributed by atoms with Gasteiger partial charge in [-0.25, -0.2) is 0 Å². The molecule has 2 heterocycles. The van der Waals surface area contributed by atoms with Crippen LogP contribution in [0.1, 0.15) is 28.1 Å². The number of unbranched alkanes of at least 4 members (excludes halogenated alkanes) is 1. The highest BCUT2D eigenvalue weighted by Crippen LogP contribution is 2.21. The molecule has 0 spiro atoms. The number of nitrogens with zero attached hydrogens (tertiary/aromatic N) is 2. The maximum absolute atomic E-state index is 11.9. The monoisotopic (exact) mass is 391 g/mol. The number of amides is 1. The van der Waals surface area contributed by atoms with Crippen LogP contribution in [-0.2, 0) is 0 Å². The minimum absolute atomic E-state index is 0.0198. The van der Waals surface area contributed by atoms with Gasteiger partial charge < -0.3 is 10.2 Å². The SMILES string of the molecule is Cc1cccc(N2CCN(CCCCNC(=O)c3ccc(Cl)s3)CC2)c1. The molecule has 1 N–H and O–H groups in total. The predicted molar refractivity (Wildman–Crippen MR) is 111 cm³/mol. The second-order valence-electron chi connectivity index (χ2n) is 6.73. The topological polar surface area (TPSA) is 35.6 Å². The average molecular weight is 392 g/mol. The summed E-state index contributed by atoms with van der Waals surface area (Å²) in [6, 6.07) is 12.3. The molecule has 1 aromatic carbocycles. The quantitative estimate of drug-likeness (QED) is 0.723. The van der Waals surface area contributed by atoms with Crippen molar-refractivity contribution in [1.29, 1.82) is 0 Å². The molecule has 1 saturated heterocycles. The largest absolute Gasteiger partial charge is 0.369 e. The Hall–Kier alpha value is -1.56. The number of carbonyl (C=O) groups is 1. The fourth-order valence-electron chi connectivity index (χ4n) is 3.24. The van der Waals surface area contributed by atoms with Crippen molar-refractivity contribution >= 4 is 34.5 Å². The summed E-state index contributed by atoms with van der Waals surface area (Å²) in [5.74, 6) is -0.0198. The van der Waals surface area contributed by atoms with Gasteiger partial charge in [-0.1, -0.05) is 23.7 Å². The van der Waals surface area contributed by atoms with Crippen molar-refractivity contribution < 1.29 is 4.79 Å². The van der Waals surface area contributed by atoms with E-state index in [9.17, 15) is 4.79 Å². The number of halogens is 1. The first-order chi connectivity index (χ1) is 12.6. The first-order valence-corrected chi connectivity index (χ1v) is 10.4. The Morgan fingerprint density at radius 1 is 1.15 bits per heavy atom. The van der Waals surface area contributed by atoms with Gasteiger partial charge in [0.25, 0.3) is 5.91 Å². The first-order valence-electron chi connectivity index (χ1n) is 9.19. The van der Waals surface area contributed by atoms with Crippen LogP contribution in [-0.4, -0.2) is 50.1 Å². The van der Waals surface area contributed by atoms with Crippen LogP contribution in [0.2, 0.25) is 4.34 Å². The Kier molecular flexibility index (Phi) is 6.94. The molecule has 3 rings (SSSR count). The van der Waals surface area contributed by atoms with Crippen LogP contribution in [0, 0.1) is 6.92 Å². The van der Waals surface area contributed by atoms with Crippen molar-refractivity contribution in [2.45, 2.75) is 19.8 Å². The molecule has 6 heteroatoms. The molecule has 1 aliphatic heterocycles. The van der Waals surface area contributed by atoms with E-state index in [1.165, 1.54) is 22.6 Å². The van der Waals surface area contributed by atoms with Gasteiger partial charge in [-0.2, -0.15) is 0 Å². The molecule has 0 radical (unpaired) electrons. The smallest absolute Gasteiger partial charge is 0.261 e. The summed E-state index contributed by atoms with van der Waals surface area (Å²) in [6.07, 6.45) is 2.11. The van der Waals surface area contributed by atoms with Gasteiger partial charge in [-0.05, 0) is 56.1 Å². The minimum Gasteiger partial charge on any atom is -0.369 e. The molecule has 0 aliphatic carbocycles. The van der Waals surface area contributed by atoms with Crippen molar-refractivity contribution in [3.05, 3.63) is 51.2 Å². The molecule has 0 atom stereocenters. The zero-order chi connectivity index (χ0) is 18.4. The summed E-state index contributed by atoms with van der Waals surface area (Å²) in [7, 11) is 0. The molecule has 1 fully saturated rings. The van der Waals surface area contributed by atoms with E-state index in [0.29, 0.717) is 9.21 Å². The van der Waals surface area contributed by atoms with Gasteiger partial charge in [-0.3, -0.25) is 9.69 Å². The molecule has 0 unspecified atom stereocenters. The molecule has 0 saturated carbocycles. The lowest BCUT2D eigenvalue weighted by atomic mass is 10.2. The van der Waals surface area contributed by atoms with Crippen molar-refractivity contribution in [2.75, 3.05) is 44.2 Å². The number of hydrogen-bond acceptors (Lipinski definition) is 4. The van der Waals surface area contributed by atoms with Gasteiger partial charge >= 0.3 is 0 Å². The van der Waals surface area contributed by atoms with Gasteiger partial charge in [0.1, 0.15) is 0 Å². The van der Waals surface area contributed by atoms with Crippen LogP contribution in [0.25, 0.3) is 0 Å². The molecule has 0 bridgehead atoms. The fraction of sp³-hybridized carbons (Fsp3) is 0.450. The van der Waals surface area contributed by atoms with E-state index in [4.69, 9.17) is 11.6 Å². The van der Waals surface area contributed by atoms with Crippen LogP contribution < -0.4 is 10.2 Å². The van der Waals surface area contributed by atoms with Gasteiger partial charge in [0.15, 0.2) is 0 Å². The molecule has 4 nitrogen and oxygen atoms in total. The Labute approximate surface area is 164 Å². The maximum atomic E-state index is 11.9. The second-order valence-corrected chi connectivity index (χ2v) is 8.45. The number of hydrogen-bond donors (Lipinski definition) is 1. The van der Waals surface area contributed by atoms with E-state index >= 15 is 0 Å². The highest BCUT2D eigenvalue weighted by atomic mass is 35.5. The Morgan fingerprint density at radius 2 is 1.96 bits per heavy atom. The zero-order valence-corrected chi connectivity index (χ0v) is 16.8. The van der Waals surface area contributed by atoms with E-state index < -0.39 is 0 Å². The van der Waals surface area contributed by atoms with Crippen molar-refractivity contribution in [2.24, 2.45) is 0 Å². The van der Waals surface area contributed by atoms with Crippen LogP contribution in [0.3, 0.4) is 0 Å². The molecule has 2 aromatic rings. The number of piperazine rings is 1. The third-order valence-electron chi connectivity index (χ3n) is 4.72. The lowest BCUT2D eigenvalue weighted by Gasteiger charge is -2.36. The predicted octanol–water partition coefficient (Wildman–Crippen LogP) is 4.04. The third kappa shape index (κ3) is 5.47. The van der Waals surface area contributed by atoms with Crippen LogP contribution in [0.5, 0.6) is 0 Å². The van der Waals surface area contributed by atoms with Crippen molar-refractivity contribution in [1.82, 2.24) is 10.2 Å². The number of nitrogens with one attached hydrogen (secondary N) is 1. The summed E-state index contributed by atoms with van der Waals surface area (Å²) in [6.45, 7) is 8.34. The molecule has 26 heavy (non-hydrogen) atoms. The van der Waals surface area contributed by atoms with Gasteiger partial charge in [0.2, 0.25) is 0 Å². The van der Waals surface area contributed by atoms with Crippen molar-refractivity contribution in [3.63, 3.8) is 0 Å². The summed E-state index contributed by atoms with van der Waals surface area (Å²) in [4.78, 5) is 17.6. The summed E-state index contributed by atoms with van der Waals surface area (Å²) < 4.78 is 0.653. The highest BCUT2D eigenvalue weighted by molar-refractivity contribution is 7.17. The first kappa shape index (κ1) is 19.2. The lowest BCUT2D eigenvalue weighted by Crippen LogP contribution is -2.46. The number of thiophene rings is 1. The van der Waals surface area contributed by atoms with Crippen LogP contribution in [0.15, 0.2) is 36.4 Å². The number of anilines is 1. The number of rotatable bonds is 7. The Balaban J connectivity index is 1.30. The van der Waals surface area contributed by atoms with E-state index in [2.05, 4.69) is 46.3 Å². The van der Waals surface area contributed by atoms with Gasteiger partial charge in [-0.15, -0.1) is 11.3 Å². The van der Waals surface area contributed by atoms with E-state index in [1.807, 2.05) is 0 Å². The van der Waals surface area contributed by atoms with E-state index in [0.717, 1.165) is 52.1 Å². The number of aryl methyl sites for hydroxylation is 1. The molecule has 1 aromatic heterocycles. The van der Waals surface area contributed by atoms with Crippen LogP contribution in [0.4, 0.5) is 5.69 Å². The summed E-state index contributed by atoms with van der Waals surface area (Å²) in [5.41, 5.74) is 2.65. The highest BCUT2D eigenvalue weighted by Gasteiger charge is 2.16. The minimum atomic E-state index is -0.0198. The third-order valence-corrected chi connectivity index (χ3v) is 5.95. The Bertz CT molecular complexity index is 725. The van der Waals surface area contributed by atoms with Crippen molar-refractivity contribution in [3.8, 4) is 0 Å². The molecular weight excluding hydrogens is 366 g/mol. The normalized spacial score (nSPS) is 15.2. The van der Waals surface area contributed by atoms with Crippen LogP contribution >= 0.6 is 22.9 Å². The molecule has 1 amide bonds. The lowest BCUT2D eigenvalue weighted by molar-refractivity contribution is 0.0956. The van der Waals surface area contributed by atoms with Gasteiger partial charge in [0.05, 0.1) is 9.21 Å². The molecule has 140 valence electrons. The van der Waals surface area contributed by atoms with E-state index in [-0.39, 0.29) is 5.91 Å². The fourth-order valence-corrected chi connectivity index (χ4v) is 4.20. The molecule has 1 aliphatic rings. The number of benzene rings is 1. The van der Waals surface area contributed by atoms with E-state index in [1.54, 1.807) is 12.1 Å². The summed E-state index contributed by atoms with van der Waals surface area (Å²) in [5, 5.41) is 2.97. The zero-order valence-electron chi connectivity index (χ0n) is 15.2. The Morgan fingerprint density at radius 3 is 2.65 bits per heavy atom. The van der Waals surface area contributed by atoms with Gasteiger partial charge in [0, 0.05) is 38.4 Å². The summed E-state index contributed by atoms with van der Waals surface area (Å²) >= 11 is 7.18. The average Bonchev–Trinajstić information content (AvgIpc) is 3.08. The number of carbonyl (C=O) groups excluding carboxylic acids is 1. The second kappa shape index (κ2) is 9.40.